The van der Waals surface area contributed by atoms with Crippen LogP contribution in [0.3, 0.4) is 0 Å². The van der Waals surface area contributed by atoms with Crippen LogP contribution in [0.15, 0.2) is 11.1 Å². The third-order valence-corrected chi connectivity index (χ3v) is 2.57. The Labute approximate surface area is 87.9 Å². The van der Waals surface area contributed by atoms with Crippen LogP contribution in [0.25, 0.3) is 0 Å². The van der Waals surface area contributed by atoms with Crippen molar-refractivity contribution >= 4 is 23.4 Å². The van der Waals surface area contributed by atoms with Crippen molar-refractivity contribution in [1.82, 2.24) is 10.2 Å². The Hall–Kier alpha value is -0.870. The van der Waals surface area contributed by atoms with E-state index in [0.29, 0.717) is 6.54 Å². The largest absolute Gasteiger partial charge is 0.302 e. The van der Waals surface area contributed by atoms with Crippen LogP contribution in [0.4, 0.5) is 0 Å². The van der Waals surface area contributed by atoms with Crippen LogP contribution in [-0.2, 0) is 9.59 Å². The average Bonchev–Trinajstić information content (AvgIpc) is 2.42. The van der Waals surface area contributed by atoms with Gasteiger partial charge in [0.1, 0.15) is 0 Å². The average molecular weight is 217 g/mol. The maximum absolute atomic E-state index is 11.4. The number of amides is 2. The monoisotopic (exact) mass is 216 g/mol. The summed E-state index contributed by atoms with van der Waals surface area (Å²) in [6.45, 7) is 2.38. The molecule has 4 nitrogen and oxygen atoms in total. The molecule has 0 radical (unpaired) electrons. The number of hydrogen-bond acceptors (Lipinski definition) is 3. The van der Waals surface area contributed by atoms with E-state index in [4.69, 9.17) is 11.6 Å². The molecule has 1 aliphatic heterocycles. The molecule has 1 saturated heterocycles. The van der Waals surface area contributed by atoms with Gasteiger partial charge >= 0.3 is 0 Å². The van der Waals surface area contributed by atoms with Gasteiger partial charge in [0.15, 0.2) is 0 Å². The van der Waals surface area contributed by atoms with E-state index in [1.165, 1.54) is 12.6 Å². The van der Waals surface area contributed by atoms with E-state index < -0.39 is 0 Å². The number of imide groups is 1. The molecule has 0 aromatic heterocycles. The Kier molecular flexibility index (Phi) is 3.66. The second-order valence-corrected chi connectivity index (χ2v) is 3.60. The number of carbonyl (C=O) groups excluding carboxylic acids is 2. The molecular weight excluding hydrogens is 204 g/mol. The lowest BCUT2D eigenvalue weighted by molar-refractivity contribution is -0.137. The number of nitrogens with zero attached hydrogens (tertiary/aromatic N) is 1. The third kappa shape index (κ3) is 2.33. The molecular formula is C9H13ClN2O2. The van der Waals surface area contributed by atoms with Gasteiger partial charge in [0.2, 0.25) is 11.8 Å². The van der Waals surface area contributed by atoms with E-state index in [1.807, 2.05) is 6.92 Å². The second kappa shape index (κ2) is 4.57. The van der Waals surface area contributed by atoms with Crippen LogP contribution in [-0.4, -0.2) is 36.3 Å². The summed E-state index contributed by atoms with van der Waals surface area (Å²) in [4.78, 5) is 23.7. The molecule has 2 amide bonds. The van der Waals surface area contributed by atoms with Crippen molar-refractivity contribution in [3.05, 3.63) is 11.1 Å². The second-order valence-electron chi connectivity index (χ2n) is 3.38. The van der Waals surface area contributed by atoms with Gasteiger partial charge in [-0.25, -0.2) is 0 Å². The van der Waals surface area contributed by atoms with Gasteiger partial charge in [0, 0.05) is 19.1 Å². The standard InChI is InChI=1S/C9H13ClN2O2/c1-6(4-10)5-11-7-3-8(13)12(2)9(7)14/h4,7,11H,3,5H2,1-2H3. The van der Waals surface area contributed by atoms with E-state index in [2.05, 4.69) is 5.32 Å². The lowest BCUT2D eigenvalue weighted by Crippen LogP contribution is -2.37. The minimum Gasteiger partial charge on any atom is -0.302 e. The first-order valence-corrected chi connectivity index (χ1v) is 4.79. The van der Waals surface area contributed by atoms with Crippen LogP contribution < -0.4 is 5.32 Å². The van der Waals surface area contributed by atoms with E-state index in [0.717, 1.165) is 10.5 Å². The van der Waals surface area contributed by atoms with Gasteiger partial charge in [0.05, 0.1) is 12.5 Å². The summed E-state index contributed by atoms with van der Waals surface area (Å²) in [5.41, 5.74) is 2.39. The molecule has 0 saturated carbocycles. The molecule has 1 heterocycles. The van der Waals surface area contributed by atoms with Gasteiger partial charge < -0.3 is 5.32 Å². The quantitative estimate of drug-likeness (QED) is 0.698. The number of rotatable bonds is 3. The first kappa shape index (κ1) is 11.2. The number of halogens is 1. The van der Waals surface area contributed by atoms with Crippen LogP contribution >= 0.6 is 11.6 Å². The Morgan fingerprint density at radius 3 is 2.79 bits per heavy atom. The van der Waals surface area contributed by atoms with E-state index >= 15 is 0 Å². The van der Waals surface area contributed by atoms with Crippen molar-refractivity contribution in [2.45, 2.75) is 19.4 Å². The molecule has 1 rings (SSSR count). The van der Waals surface area contributed by atoms with Gasteiger partial charge in [0.25, 0.3) is 0 Å². The predicted molar refractivity (Wildman–Crippen MR) is 53.8 cm³/mol. The molecule has 0 spiro atoms. The molecule has 1 N–H and O–H groups in total. The summed E-state index contributed by atoms with van der Waals surface area (Å²) < 4.78 is 0. The minimum absolute atomic E-state index is 0.139. The molecule has 0 bridgehead atoms. The highest BCUT2D eigenvalue weighted by Crippen LogP contribution is 2.10. The highest BCUT2D eigenvalue weighted by Gasteiger charge is 2.35. The van der Waals surface area contributed by atoms with Crippen molar-refractivity contribution in [1.29, 1.82) is 0 Å². The fraction of sp³-hybridized carbons (Fsp3) is 0.556. The molecule has 1 aliphatic rings. The van der Waals surface area contributed by atoms with Crippen LogP contribution in [0.1, 0.15) is 13.3 Å². The zero-order valence-electron chi connectivity index (χ0n) is 8.21. The summed E-state index contributed by atoms with van der Waals surface area (Å²) in [5, 5.41) is 2.98. The first-order chi connectivity index (χ1) is 6.56. The van der Waals surface area contributed by atoms with Gasteiger partial charge in [-0.05, 0) is 12.5 Å². The molecule has 1 unspecified atom stereocenters. The smallest absolute Gasteiger partial charge is 0.246 e. The van der Waals surface area contributed by atoms with Crippen LogP contribution in [0, 0.1) is 0 Å². The van der Waals surface area contributed by atoms with Crippen molar-refractivity contribution in [2.75, 3.05) is 13.6 Å². The van der Waals surface area contributed by atoms with Crippen molar-refractivity contribution < 1.29 is 9.59 Å². The highest BCUT2D eigenvalue weighted by molar-refractivity contribution is 6.25. The van der Waals surface area contributed by atoms with Gasteiger partial charge in [-0.1, -0.05) is 11.6 Å². The normalized spacial score (nSPS) is 23.5. The number of carbonyl (C=O) groups is 2. The summed E-state index contributed by atoms with van der Waals surface area (Å²) in [5.74, 6) is -0.308. The number of likely N-dealkylation sites (tertiary alicyclic amines) is 1. The summed E-state index contributed by atoms with van der Waals surface area (Å²) in [6, 6.07) is -0.390. The number of likely N-dealkylation sites (N-methyl/N-ethyl adjacent to an activating group) is 1. The number of hydrogen-bond donors (Lipinski definition) is 1. The zero-order valence-corrected chi connectivity index (χ0v) is 8.97. The fourth-order valence-electron chi connectivity index (χ4n) is 1.24. The van der Waals surface area contributed by atoms with E-state index in [1.54, 1.807) is 0 Å². The minimum atomic E-state index is -0.390. The third-order valence-electron chi connectivity index (χ3n) is 2.20. The Morgan fingerprint density at radius 1 is 1.71 bits per heavy atom. The summed E-state index contributed by atoms with van der Waals surface area (Å²) in [7, 11) is 1.50. The molecule has 1 fully saturated rings. The fourth-order valence-corrected chi connectivity index (χ4v) is 1.31. The van der Waals surface area contributed by atoms with Crippen molar-refractivity contribution in [3.63, 3.8) is 0 Å². The highest BCUT2D eigenvalue weighted by atomic mass is 35.5. The Balaban J connectivity index is 2.48. The molecule has 1 atom stereocenters. The maximum atomic E-state index is 11.4. The lowest BCUT2D eigenvalue weighted by Gasteiger charge is -2.10. The lowest BCUT2D eigenvalue weighted by atomic mass is 10.2. The molecule has 78 valence electrons. The van der Waals surface area contributed by atoms with E-state index in [9.17, 15) is 9.59 Å². The Morgan fingerprint density at radius 2 is 2.36 bits per heavy atom. The van der Waals surface area contributed by atoms with E-state index in [-0.39, 0.29) is 24.3 Å². The zero-order chi connectivity index (χ0) is 10.7. The van der Waals surface area contributed by atoms with Gasteiger partial charge in [-0.2, -0.15) is 0 Å². The van der Waals surface area contributed by atoms with Gasteiger partial charge in [-0.15, -0.1) is 0 Å². The molecule has 0 aromatic carbocycles. The SMILES string of the molecule is CC(=CCl)CNC1CC(=O)N(C)C1=O. The molecule has 0 aliphatic carbocycles. The topological polar surface area (TPSA) is 49.4 Å². The molecule has 14 heavy (non-hydrogen) atoms. The molecule has 5 heteroatoms. The maximum Gasteiger partial charge on any atom is 0.246 e. The van der Waals surface area contributed by atoms with Crippen LogP contribution in [0.2, 0.25) is 0 Å². The van der Waals surface area contributed by atoms with Crippen molar-refractivity contribution in [3.8, 4) is 0 Å². The summed E-state index contributed by atoms with van der Waals surface area (Å²) in [6.07, 6.45) is 0.241. The Bertz CT molecular complexity index is 289. The van der Waals surface area contributed by atoms with Crippen molar-refractivity contribution in [2.24, 2.45) is 0 Å². The van der Waals surface area contributed by atoms with Crippen LogP contribution in [0.5, 0.6) is 0 Å². The molecule has 0 aromatic rings. The predicted octanol–water partition coefficient (Wildman–Crippen LogP) is 0.476. The summed E-state index contributed by atoms with van der Waals surface area (Å²) >= 11 is 5.47. The first-order valence-electron chi connectivity index (χ1n) is 4.36. The van der Waals surface area contributed by atoms with Gasteiger partial charge in [-0.3, -0.25) is 14.5 Å². The number of nitrogens with one attached hydrogen (secondary N) is 1.